The van der Waals surface area contributed by atoms with Crippen molar-refractivity contribution in [2.45, 2.75) is 26.0 Å². The topological polar surface area (TPSA) is 60.2 Å². The van der Waals surface area contributed by atoms with Gasteiger partial charge in [0.25, 0.3) is 0 Å². The van der Waals surface area contributed by atoms with Crippen molar-refractivity contribution in [2.24, 2.45) is 0 Å². The zero-order valence-corrected chi connectivity index (χ0v) is 8.42. The van der Waals surface area contributed by atoms with E-state index in [1.807, 2.05) is 20.9 Å². The van der Waals surface area contributed by atoms with Gasteiger partial charge >= 0.3 is 0 Å². The number of rotatable bonds is 4. The van der Waals surface area contributed by atoms with Crippen LogP contribution in [0, 0.1) is 0 Å². The Labute approximate surface area is 77.5 Å². The van der Waals surface area contributed by atoms with Crippen molar-refractivity contribution >= 4 is 0 Å². The molecule has 1 heterocycles. The fraction of sp³-hybridized carbons (Fsp3) is 0.750. The lowest BCUT2D eigenvalue weighted by Crippen LogP contribution is -2.21. The summed E-state index contributed by atoms with van der Waals surface area (Å²) in [5.74, 6) is 1.14. The molecule has 13 heavy (non-hydrogen) atoms. The van der Waals surface area contributed by atoms with Gasteiger partial charge in [-0.2, -0.15) is 4.98 Å². The average molecular weight is 185 g/mol. The van der Waals surface area contributed by atoms with Crippen molar-refractivity contribution in [3.05, 3.63) is 11.7 Å². The minimum absolute atomic E-state index is 0.491. The van der Waals surface area contributed by atoms with Gasteiger partial charge in [-0.3, -0.25) is 0 Å². The smallest absolute Gasteiger partial charge is 0.240 e. The summed E-state index contributed by atoms with van der Waals surface area (Å²) in [7, 11) is 3.44. The fourth-order valence-corrected chi connectivity index (χ4v) is 0.814. The first-order valence-electron chi connectivity index (χ1n) is 4.13. The highest BCUT2D eigenvalue weighted by Crippen LogP contribution is 2.19. The van der Waals surface area contributed by atoms with E-state index in [-0.39, 0.29) is 0 Å². The molecule has 0 aliphatic heterocycles. The Morgan fingerprint density at radius 2 is 2.23 bits per heavy atom. The second-order valence-electron chi connectivity index (χ2n) is 3.26. The van der Waals surface area contributed by atoms with E-state index >= 15 is 0 Å². The molecule has 1 N–H and O–H groups in total. The molecule has 1 aromatic heterocycles. The largest absolute Gasteiger partial charge is 0.371 e. The minimum atomic E-state index is -0.491. The molecule has 0 unspecified atom stereocenters. The molecule has 0 saturated carbocycles. The molecular formula is C8H15N3O2. The number of nitrogens with zero attached hydrogens (tertiary/aromatic N) is 2. The molecule has 74 valence electrons. The first-order chi connectivity index (χ1) is 6.10. The Bertz CT molecular complexity index is 270. The summed E-state index contributed by atoms with van der Waals surface area (Å²) in [6.45, 7) is 4.36. The minimum Gasteiger partial charge on any atom is -0.371 e. The molecule has 5 heteroatoms. The molecule has 0 fully saturated rings. The molecular weight excluding hydrogens is 170 g/mol. The maximum absolute atomic E-state index is 5.21. The van der Waals surface area contributed by atoms with Crippen LogP contribution in [0.3, 0.4) is 0 Å². The third-order valence-corrected chi connectivity index (χ3v) is 1.84. The van der Waals surface area contributed by atoms with Gasteiger partial charge in [-0.25, -0.2) is 0 Å². The third kappa shape index (κ3) is 2.26. The fourth-order valence-electron chi connectivity index (χ4n) is 0.814. The van der Waals surface area contributed by atoms with Gasteiger partial charge in [-0.1, -0.05) is 5.16 Å². The van der Waals surface area contributed by atoms with E-state index in [0.717, 1.165) is 0 Å². The van der Waals surface area contributed by atoms with Crippen LogP contribution >= 0.6 is 0 Å². The number of methoxy groups -OCH3 is 1. The van der Waals surface area contributed by atoms with Crippen LogP contribution in [0.1, 0.15) is 25.6 Å². The van der Waals surface area contributed by atoms with E-state index in [9.17, 15) is 0 Å². The lowest BCUT2D eigenvalue weighted by atomic mass is 10.1. The van der Waals surface area contributed by atoms with Crippen LogP contribution in [-0.2, 0) is 16.9 Å². The van der Waals surface area contributed by atoms with Crippen molar-refractivity contribution in [1.82, 2.24) is 15.5 Å². The van der Waals surface area contributed by atoms with Gasteiger partial charge < -0.3 is 14.6 Å². The monoisotopic (exact) mass is 185 g/mol. The normalized spacial score (nSPS) is 12.0. The Morgan fingerprint density at radius 3 is 2.77 bits per heavy atom. The molecule has 1 aromatic rings. The molecule has 0 amide bonds. The highest BCUT2D eigenvalue weighted by atomic mass is 16.5. The Balaban J connectivity index is 2.79. The molecule has 0 aliphatic carbocycles. The molecule has 0 atom stereocenters. The molecule has 0 aromatic carbocycles. The van der Waals surface area contributed by atoms with E-state index in [4.69, 9.17) is 9.26 Å². The van der Waals surface area contributed by atoms with Crippen molar-refractivity contribution in [2.75, 3.05) is 14.2 Å². The van der Waals surface area contributed by atoms with Crippen LogP contribution in [0.2, 0.25) is 0 Å². The summed E-state index contributed by atoms with van der Waals surface area (Å²) >= 11 is 0. The van der Waals surface area contributed by atoms with Gasteiger partial charge in [0.2, 0.25) is 11.7 Å². The molecule has 1 rings (SSSR count). The Hall–Kier alpha value is -0.940. The number of hydrogen-bond acceptors (Lipinski definition) is 5. The summed E-state index contributed by atoms with van der Waals surface area (Å²) in [4.78, 5) is 4.18. The molecule has 0 aliphatic rings. The van der Waals surface area contributed by atoms with Crippen molar-refractivity contribution in [3.8, 4) is 0 Å². The van der Waals surface area contributed by atoms with Crippen LogP contribution in [0.15, 0.2) is 4.52 Å². The first-order valence-corrected chi connectivity index (χ1v) is 4.13. The average Bonchev–Trinajstić information content (AvgIpc) is 2.54. The summed E-state index contributed by atoms with van der Waals surface area (Å²) in [5.41, 5.74) is -0.491. The zero-order valence-electron chi connectivity index (χ0n) is 8.42. The summed E-state index contributed by atoms with van der Waals surface area (Å²) in [6, 6.07) is 0. The Kier molecular flexibility index (Phi) is 3.00. The van der Waals surface area contributed by atoms with Crippen molar-refractivity contribution in [1.29, 1.82) is 0 Å². The van der Waals surface area contributed by atoms with Crippen LogP contribution in [-0.4, -0.2) is 24.3 Å². The van der Waals surface area contributed by atoms with Crippen molar-refractivity contribution in [3.63, 3.8) is 0 Å². The van der Waals surface area contributed by atoms with E-state index < -0.39 is 5.60 Å². The third-order valence-electron chi connectivity index (χ3n) is 1.84. The lowest BCUT2D eigenvalue weighted by Gasteiger charge is -2.17. The van der Waals surface area contributed by atoms with Gasteiger partial charge in [-0.15, -0.1) is 0 Å². The Morgan fingerprint density at radius 1 is 1.54 bits per heavy atom. The second-order valence-corrected chi connectivity index (χ2v) is 3.26. The van der Waals surface area contributed by atoms with E-state index in [1.165, 1.54) is 0 Å². The summed E-state index contributed by atoms with van der Waals surface area (Å²) in [6.07, 6.45) is 0. The maximum Gasteiger partial charge on any atom is 0.240 e. The van der Waals surface area contributed by atoms with Crippen LogP contribution in [0.5, 0.6) is 0 Å². The lowest BCUT2D eigenvalue weighted by molar-refractivity contribution is 0.00973. The SMILES string of the molecule is CNCc1nc(C(C)(C)OC)no1. The van der Waals surface area contributed by atoms with Crippen LogP contribution in [0.25, 0.3) is 0 Å². The van der Waals surface area contributed by atoms with Gasteiger partial charge in [0.1, 0.15) is 5.60 Å². The van der Waals surface area contributed by atoms with E-state index in [0.29, 0.717) is 18.3 Å². The van der Waals surface area contributed by atoms with Gasteiger partial charge in [-0.05, 0) is 20.9 Å². The molecule has 0 radical (unpaired) electrons. The number of hydrogen-bond donors (Lipinski definition) is 1. The summed E-state index contributed by atoms with van der Waals surface area (Å²) in [5, 5.41) is 6.76. The van der Waals surface area contributed by atoms with Gasteiger partial charge in [0.15, 0.2) is 0 Å². The number of ether oxygens (including phenoxy) is 1. The molecule has 5 nitrogen and oxygen atoms in total. The predicted octanol–water partition coefficient (Wildman–Crippen LogP) is 0.670. The van der Waals surface area contributed by atoms with Crippen LogP contribution in [0.4, 0.5) is 0 Å². The number of aromatic nitrogens is 2. The second kappa shape index (κ2) is 3.85. The number of nitrogens with one attached hydrogen (secondary N) is 1. The highest BCUT2D eigenvalue weighted by Gasteiger charge is 2.25. The van der Waals surface area contributed by atoms with Crippen LogP contribution < -0.4 is 5.32 Å². The molecule has 0 bridgehead atoms. The maximum atomic E-state index is 5.21. The zero-order chi connectivity index (χ0) is 9.90. The molecule has 0 spiro atoms. The van der Waals surface area contributed by atoms with Gasteiger partial charge in [0.05, 0.1) is 6.54 Å². The first kappa shape index (κ1) is 10.1. The molecule has 0 saturated heterocycles. The standard InChI is InChI=1S/C8H15N3O2/c1-8(2,12-4)7-10-6(5-9-3)13-11-7/h9H,5H2,1-4H3. The van der Waals surface area contributed by atoms with E-state index in [2.05, 4.69) is 15.5 Å². The predicted molar refractivity (Wildman–Crippen MR) is 47.1 cm³/mol. The summed E-state index contributed by atoms with van der Waals surface area (Å²) < 4.78 is 10.2. The van der Waals surface area contributed by atoms with E-state index in [1.54, 1.807) is 7.11 Å². The van der Waals surface area contributed by atoms with Gasteiger partial charge in [0, 0.05) is 7.11 Å². The quantitative estimate of drug-likeness (QED) is 0.747. The highest BCUT2D eigenvalue weighted by molar-refractivity contribution is 4.96. The van der Waals surface area contributed by atoms with Crippen molar-refractivity contribution < 1.29 is 9.26 Å².